The fraction of sp³-hybridized carbons (Fsp3) is 0.200. The van der Waals surface area contributed by atoms with Crippen LogP contribution in [0.5, 0.6) is 0 Å². The summed E-state index contributed by atoms with van der Waals surface area (Å²) in [5, 5.41) is 21.8. The molecule has 0 aliphatic carbocycles. The van der Waals surface area contributed by atoms with Crippen LogP contribution < -0.4 is 0 Å². The lowest BCUT2D eigenvalue weighted by Crippen LogP contribution is -2.18. The summed E-state index contributed by atoms with van der Waals surface area (Å²) in [7, 11) is 1.17. The maximum Gasteiger partial charge on any atom is 0.356 e. The van der Waals surface area contributed by atoms with E-state index >= 15 is 0 Å². The molecule has 1 aromatic carbocycles. The first-order valence-electron chi connectivity index (χ1n) is 4.61. The van der Waals surface area contributed by atoms with Crippen molar-refractivity contribution >= 4 is 17.4 Å². The van der Waals surface area contributed by atoms with Crippen LogP contribution in [0.3, 0.4) is 0 Å². The molecule has 1 aromatic rings. The molecule has 0 atom stereocenters. The summed E-state index contributed by atoms with van der Waals surface area (Å²) in [5.41, 5.74) is 0.393. The monoisotopic (exact) mass is 238 g/mol. The largest absolute Gasteiger partial charge is 0.464 e. The number of esters is 1. The number of hydrogen-bond acceptors (Lipinski definition) is 6. The van der Waals surface area contributed by atoms with E-state index in [2.05, 4.69) is 9.89 Å². The number of hydrogen-bond donors (Lipinski definition) is 1. The normalized spacial score (nSPS) is 11.0. The summed E-state index contributed by atoms with van der Waals surface area (Å²) in [6.45, 7) is 0. The second-order valence-corrected chi connectivity index (χ2v) is 3.14. The molecule has 17 heavy (non-hydrogen) atoms. The van der Waals surface area contributed by atoms with Gasteiger partial charge in [0, 0.05) is 18.6 Å². The third-order valence-corrected chi connectivity index (χ3v) is 2.06. The van der Waals surface area contributed by atoms with Gasteiger partial charge in [0.25, 0.3) is 5.69 Å². The number of methoxy groups -OCH3 is 1. The highest BCUT2D eigenvalue weighted by molar-refractivity contribution is 6.36. The van der Waals surface area contributed by atoms with Gasteiger partial charge in [0.15, 0.2) is 5.71 Å². The molecule has 0 aliphatic rings. The van der Waals surface area contributed by atoms with Crippen molar-refractivity contribution in [2.24, 2.45) is 5.16 Å². The molecule has 0 heterocycles. The zero-order chi connectivity index (χ0) is 12.8. The molecule has 0 fully saturated rings. The van der Waals surface area contributed by atoms with Crippen LogP contribution in [0.15, 0.2) is 29.4 Å². The summed E-state index contributed by atoms with van der Waals surface area (Å²) in [6.07, 6.45) is 0.0428. The molecule has 0 aliphatic heterocycles. The van der Waals surface area contributed by atoms with E-state index in [1.54, 1.807) is 0 Å². The molecule has 0 bridgehead atoms. The van der Waals surface area contributed by atoms with Crippen molar-refractivity contribution in [3.8, 4) is 0 Å². The van der Waals surface area contributed by atoms with E-state index in [4.69, 9.17) is 5.21 Å². The van der Waals surface area contributed by atoms with Crippen molar-refractivity contribution < 1.29 is 19.7 Å². The number of non-ortho nitro benzene ring substituents is 1. The number of carbonyl (C=O) groups excluding carboxylic acids is 1. The first kappa shape index (κ1) is 12.6. The molecular weight excluding hydrogens is 228 g/mol. The van der Waals surface area contributed by atoms with Gasteiger partial charge in [-0.25, -0.2) is 4.79 Å². The molecule has 7 nitrogen and oxygen atoms in total. The number of nitro benzene ring substituents is 1. The Labute approximate surface area is 96.5 Å². The van der Waals surface area contributed by atoms with Crippen LogP contribution in [-0.2, 0) is 16.0 Å². The standard InChI is InChI=1S/C10H10N2O5/c1-17-10(13)9(11-14)6-7-2-4-8(5-3-7)12(15)16/h2-5,14H,6H2,1H3/b11-9-. The Morgan fingerprint density at radius 3 is 2.47 bits per heavy atom. The van der Waals surface area contributed by atoms with E-state index < -0.39 is 10.9 Å². The lowest BCUT2D eigenvalue weighted by atomic mass is 10.1. The van der Waals surface area contributed by atoms with Gasteiger partial charge in [-0.15, -0.1) is 0 Å². The number of benzene rings is 1. The van der Waals surface area contributed by atoms with Crippen molar-refractivity contribution in [2.75, 3.05) is 7.11 Å². The van der Waals surface area contributed by atoms with Crippen LogP contribution in [0.2, 0.25) is 0 Å². The lowest BCUT2D eigenvalue weighted by Gasteiger charge is -2.02. The van der Waals surface area contributed by atoms with E-state index in [1.807, 2.05) is 0 Å². The summed E-state index contributed by atoms with van der Waals surface area (Å²) in [6, 6.07) is 5.57. The molecule has 1 N–H and O–H groups in total. The van der Waals surface area contributed by atoms with Gasteiger partial charge in [0.1, 0.15) is 0 Å². The van der Waals surface area contributed by atoms with Crippen LogP contribution >= 0.6 is 0 Å². The Bertz CT molecular complexity index is 452. The molecule has 0 spiro atoms. The minimum Gasteiger partial charge on any atom is -0.464 e. The van der Waals surface area contributed by atoms with Gasteiger partial charge in [0.2, 0.25) is 0 Å². The van der Waals surface area contributed by atoms with Crippen molar-refractivity contribution in [2.45, 2.75) is 6.42 Å². The van der Waals surface area contributed by atoms with Crippen LogP contribution in [0.25, 0.3) is 0 Å². The van der Waals surface area contributed by atoms with Gasteiger partial charge in [-0.2, -0.15) is 0 Å². The van der Waals surface area contributed by atoms with E-state index in [-0.39, 0.29) is 17.8 Å². The van der Waals surface area contributed by atoms with Crippen molar-refractivity contribution in [3.05, 3.63) is 39.9 Å². The molecule has 0 aromatic heterocycles. The Balaban J connectivity index is 2.82. The summed E-state index contributed by atoms with van der Waals surface area (Å²) in [4.78, 5) is 21.0. The van der Waals surface area contributed by atoms with Gasteiger partial charge in [-0.05, 0) is 5.56 Å². The third kappa shape index (κ3) is 3.26. The van der Waals surface area contributed by atoms with Crippen LogP contribution in [0, 0.1) is 10.1 Å². The van der Waals surface area contributed by atoms with Gasteiger partial charge in [0.05, 0.1) is 12.0 Å². The molecule has 0 saturated carbocycles. The maximum absolute atomic E-state index is 11.1. The van der Waals surface area contributed by atoms with Gasteiger partial charge >= 0.3 is 5.97 Å². The summed E-state index contributed by atoms with van der Waals surface area (Å²) in [5.74, 6) is -0.745. The highest BCUT2D eigenvalue weighted by Gasteiger charge is 2.14. The zero-order valence-corrected chi connectivity index (χ0v) is 8.99. The SMILES string of the molecule is COC(=O)/C(Cc1ccc([N+](=O)[O-])cc1)=N\O. The number of rotatable bonds is 4. The predicted molar refractivity (Wildman–Crippen MR) is 58.0 cm³/mol. The Hall–Kier alpha value is -2.44. The number of ether oxygens (including phenoxy) is 1. The lowest BCUT2D eigenvalue weighted by molar-refractivity contribution is -0.384. The van der Waals surface area contributed by atoms with E-state index in [9.17, 15) is 14.9 Å². The van der Waals surface area contributed by atoms with Gasteiger partial charge < -0.3 is 9.94 Å². The van der Waals surface area contributed by atoms with Crippen LogP contribution in [-0.4, -0.2) is 28.9 Å². The van der Waals surface area contributed by atoms with Gasteiger partial charge in [-0.1, -0.05) is 17.3 Å². The van der Waals surface area contributed by atoms with E-state index in [0.29, 0.717) is 5.56 Å². The number of carbonyl (C=O) groups is 1. The number of nitro groups is 1. The van der Waals surface area contributed by atoms with Crippen LogP contribution in [0.4, 0.5) is 5.69 Å². The number of oxime groups is 1. The minimum atomic E-state index is -0.745. The first-order valence-corrected chi connectivity index (χ1v) is 4.61. The molecule has 0 unspecified atom stereocenters. The van der Waals surface area contributed by atoms with E-state index in [1.165, 1.54) is 31.4 Å². The molecule has 0 saturated heterocycles. The number of nitrogens with zero attached hydrogens (tertiary/aromatic N) is 2. The van der Waals surface area contributed by atoms with Gasteiger partial charge in [-0.3, -0.25) is 10.1 Å². The zero-order valence-electron chi connectivity index (χ0n) is 8.99. The molecule has 0 amide bonds. The molecule has 90 valence electrons. The third-order valence-electron chi connectivity index (χ3n) is 2.06. The fourth-order valence-electron chi connectivity index (χ4n) is 1.20. The van der Waals surface area contributed by atoms with Crippen molar-refractivity contribution in [3.63, 3.8) is 0 Å². The van der Waals surface area contributed by atoms with E-state index in [0.717, 1.165) is 0 Å². The Kier molecular flexibility index (Phi) is 4.15. The average molecular weight is 238 g/mol. The average Bonchev–Trinajstić information content (AvgIpc) is 2.35. The quantitative estimate of drug-likeness (QED) is 0.278. The topological polar surface area (TPSA) is 102 Å². The van der Waals surface area contributed by atoms with Crippen molar-refractivity contribution in [1.29, 1.82) is 0 Å². The molecule has 0 radical (unpaired) electrons. The maximum atomic E-state index is 11.1. The Morgan fingerprint density at radius 1 is 1.47 bits per heavy atom. The highest BCUT2D eigenvalue weighted by atomic mass is 16.6. The highest BCUT2D eigenvalue weighted by Crippen LogP contribution is 2.12. The summed E-state index contributed by atoms with van der Waals surface area (Å²) < 4.78 is 4.40. The fourth-order valence-corrected chi connectivity index (χ4v) is 1.20. The smallest absolute Gasteiger partial charge is 0.356 e. The Morgan fingerprint density at radius 2 is 2.06 bits per heavy atom. The second kappa shape index (κ2) is 5.59. The predicted octanol–water partition coefficient (Wildman–Crippen LogP) is 1.14. The van der Waals surface area contributed by atoms with Crippen LogP contribution in [0.1, 0.15) is 5.56 Å². The molecule has 7 heteroatoms. The minimum absolute atomic E-state index is 0.0428. The molecular formula is C10H10N2O5. The van der Waals surface area contributed by atoms with Crippen molar-refractivity contribution in [1.82, 2.24) is 0 Å². The second-order valence-electron chi connectivity index (χ2n) is 3.14. The first-order chi connectivity index (χ1) is 8.08. The molecule has 1 rings (SSSR count). The summed E-state index contributed by atoms with van der Waals surface area (Å²) >= 11 is 0.